The Balaban J connectivity index is 0. The first-order valence-corrected chi connectivity index (χ1v) is 10.1. The van der Waals surface area contributed by atoms with Crippen LogP contribution in [0.25, 0.3) is 0 Å². The molecule has 0 heteroatoms. The van der Waals surface area contributed by atoms with Gasteiger partial charge in [-0.2, -0.15) is 0 Å². The standard InChI is InChI=1S/C10H14.2C7H16/c1-9(2)8-10-6-4-3-5-7-10;2*1-6(2)5-7(3)4/h3-7,9H,8H2,1-2H3;2*6-7H,5H2,1-4H3. The Hall–Kier alpha value is -0.780. The van der Waals surface area contributed by atoms with E-state index in [9.17, 15) is 0 Å². The van der Waals surface area contributed by atoms with Crippen LogP contribution in [0, 0.1) is 29.6 Å². The highest BCUT2D eigenvalue weighted by Crippen LogP contribution is 2.09. The largest absolute Gasteiger partial charge is 0.0628 e. The predicted molar refractivity (Wildman–Crippen MR) is 114 cm³/mol. The molecule has 0 fully saturated rings. The summed E-state index contributed by atoms with van der Waals surface area (Å²) in [6.45, 7) is 22.6. The zero-order valence-corrected chi connectivity index (χ0v) is 18.4. The van der Waals surface area contributed by atoms with Crippen molar-refractivity contribution in [1.82, 2.24) is 0 Å². The third-order valence-electron chi connectivity index (χ3n) is 3.37. The average Bonchev–Trinajstić information content (AvgIpc) is 2.37. The van der Waals surface area contributed by atoms with Crippen LogP contribution in [-0.4, -0.2) is 0 Å². The zero-order chi connectivity index (χ0) is 19.1. The van der Waals surface area contributed by atoms with Crippen LogP contribution in [0.2, 0.25) is 0 Å². The highest BCUT2D eigenvalue weighted by molar-refractivity contribution is 5.14. The molecular weight excluding hydrogens is 288 g/mol. The minimum Gasteiger partial charge on any atom is -0.0628 e. The fourth-order valence-corrected chi connectivity index (χ4v) is 2.97. The zero-order valence-electron chi connectivity index (χ0n) is 18.4. The van der Waals surface area contributed by atoms with Gasteiger partial charge in [0, 0.05) is 0 Å². The fourth-order valence-electron chi connectivity index (χ4n) is 2.97. The Kier molecular flexibility index (Phi) is 16.7. The quantitative estimate of drug-likeness (QED) is 0.491. The second-order valence-electron chi connectivity index (χ2n) is 9.13. The maximum atomic E-state index is 2.26. The van der Waals surface area contributed by atoms with Gasteiger partial charge in [-0.25, -0.2) is 0 Å². The Labute approximate surface area is 154 Å². The van der Waals surface area contributed by atoms with Crippen molar-refractivity contribution in [3.8, 4) is 0 Å². The van der Waals surface area contributed by atoms with Crippen molar-refractivity contribution in [3.05, 3.63) is 35.9 Å². The molecule has 0 aliphatic carbocycles. The van der Waals surface area contributed by atoms with Crippen LogP contribution in [0.3, 0.4) is 0 Å². The fraction of sp³-hybridized carbons (Fsp3) is 0.750. The van der Waals surface area contributed by atoms with E-state index in [1.165, 1.54) is 24.8 Å². The Morgan fingerprint density at radius 1 is 0.500 bits per heavy atom. The van der Waals surface area contributed by atoms with Crippen LogP contribution in [0.4, 0.5) is 0 Å². The summed E-state index contributed by atoms with van der Waals surface area (Å²) in [6, 6.07) is 10.6. The number of hydrogen-bond donors (Lipinski definition) is 0. The van der Waals surface area contributed by atoms with Gasteiger partial charge in [0.05, 0.1) is 0 Å². The monoisotopic (exact) mass is 334 g/mol. The first kappa shape index (κ1) is 25.5. The van der Waals surface area contributed by atoms with Crippen molar-refractivity contribution >= 4 is 0 Å². The van der Waals surface area contributed by atoms with E-state index in [0.29, 0.717) is 0 Å². The topological polar surface area (TPSA) is 0 Å². The third-order valence-corrected chi connectivity index (χ3v) is 3.37. The lowest BCUT2D eigenvalue weighted by Crippen LogP contribution is -1.93. The van der Waals surface area contributed by atoms with Crippen LogP contribution in [0.1, 0.15) is 87.6 Å². The number of hydrogen-bond acceptors (Lipinski definition) is 0. The molecule has 0 spiro atoms. The molecule has 0 atom stereocenters. The van der Waals surface area contributed by atoms with E-state index in [1.54, 1.807) is 0 Å². The van der Waals surface area contributed by atoms with E-state index < -0.39 is 0 Å². The molecule has 0 aromatic heterocycles. The molecule has 1 aromatic rings. The van der Waals surface area contributed by atoms with Gasteiger partial charge in [-0.1, -0.05) is 99.6 Å². The van der Waals surface area contributed by atoms with Gasteiger partial charge in [0.25, 0.3) is 0 Å². The molecule has 0 aliphatic heterocycles. The summed E-state index contributed by atoms with van der Waals surface area (Å²) in [4.78, 5) is 0. The summed E-state index contributed by atoms with van der Waals surface area (Å²) in [5, 5.41) is 0. The molecule has 0 aliphatic rings. The van der Waals surface area contributed by atoms with Crippen LogP contribution >= 0.6 is 0 Å². The Morgan fingerprint density at radius 3 is 1.04 bits per heavy atom. The summed E-state index contributed by atoms with van der Waals surface area (Å²) < 4.78 is 0. The first-order valence-electron chi connectivity index (χ1n) is 10.1. The van der Waals surface area contributed by atoms with Gasteiger partial charge in [-0.15, -0.1) is 0 Å². The minimum atomic E-state index is 0.766. The lowest BCUT2D eigenvalue weighted by atomic mass is 10.0. The van der Waals surface area contributed by atoms with Crippen molar-refractivity contribution in [3.63, 3.8) is 0 Å². The molecule has 0 amide bonds. The molecule has 0 bridgehead atoms. The molecule has 24 heavy (non-hydrogen) atoms. The molecule has 0 nitrogen and oxygen atoms in total. The van der Waals surface area contributed by atoms with Gasteiger partial charge < -0.3 is 0 Å². The Morgan fingerprint density at radius 2 is 0.833 bits per heavy atom. The average molecular weight is 335 g/mol. The van der Waals surface area contributed by atoms with Crippen molar-refractivity contribution < 1.29 is 0 Å². The van der Waals surface area contributed by atoms with E-state index in [1.807, 2.05) is 0 Å². The van der Waals surface area contributed by atoms with E-state index in [0.717, 1.165) is 29.6 Å². The third kappa shape index (κ3) is 23.5. The van der Waals surface area contributed by atoms with E-state index in [4.69, 9.17) is 0 Å². The van der Waals surface area contributed by atoms with Crippen molar-refractivity contribution in [2.24, 2.45) is 29.6 Å². The van der Waals surface area contributed by atoms with Crippen LogP contribution in [-0.2, 0) is 6.42 Å². The molecule has 0 N–H and O–H groups in total. The second kappa shape index (κ2) is 15.7. The molecule has 0 radical (unpaired) electrons. The van der Waals surface area contributed by atoms with Gasteiger partial charge in [0.2, 0.25) is 0 Å². The van der Waals surface area contributed by atoms with Gasteiger partial charge in [-0.05, 0) is 54.4 Å². The lowest BCUT2D eigenvalue weighted by Gasteiger charge is -2.05. The summed E-state index contributed by atoms with van der Waals surface area (Å²) in [5.41, 5.74) is 1.44. The molecule has 0 heterocycles. The van der Waals surface area contributed by atoms with E-state index >= 15 is 0 Å². The van der Waals surface area contributed by atoms with Crippen molar-refractivity contribution in [2.75, 3.05) is 0 Å². The van der Waals surface area contributed by atoms with Crippen LogP contribution < -0.4 is 0 Å². The lowest BCUT2D eigenvalue weighted by molar-refractivity contribution is 0.469. The van der Waals surface area contributed by atoms with Gasteiger partial charge >= 0.3 is 0 Å². The highest BCUT2D eigenvalue weighted by Gasteiger charge is 1.96. The summed E-state index contributed by atoms with van der Waals surface area (Å²) in [5.74, 6) is 4.27. The second-order valence-corrected chi connectivity index (χ2v) is 9.13. The van der Waals surface area contributed by atoms with Gasteiger partial charge in [0.15, 0.2) is 0 Å². The van der Waals surface area contributed by atoms with Crippen LogP contribution in [0.15, 0.2) is 30.3 Å². The molecule has 1 rings (SSSR count). The predicted octanol–water partition coefficient (Wildman–Crippen LogP) is 8.26. The number of rotatable bonds is 6. The maximum Gasteiger partial charge on any atom is -0.0256 e. The summed E-state index contributed by atoms with van der Waals surface area (Å²) >= 11 is 0. The first-order chi connectivity index (χ1) is 11.0. The van der Waals surface area contributed by atoms with E-state index in [-0.39, 0.29) is 0 Å². The SMILES string of the molecule is CC(C)CC(C)C.CC(C)CC(C)C.CC(C)Cc1ccccc1. The Bertz CT molecular complexity index is 318. The van der Waals surface area contributed by atoms with Gasteiger partial charge in [0.1, 0.15) is 0 Å². The normalized spacial score (nSPS) is 10.8. The number of benzene rings is 1. The van der Waals surface area contributed by atoms with Crippen molar-refractivity contribution in [2.45, 2.75) is 88.5 Å². The maximum absolute atomic E-state index is 2.26. The molecule has 142 valence electrons. The summed E-state index contributed by atoms with van der Waals surface area (Å²) in [6.07, 6.45) is 3.92. The molecule has 1 aromatic carbocycles. The van der Waals surface area contributed by atoms with Gasteiger partial charge in [-0.3, -0.25) is 0 Å². The highest BCUT2D eigenvalue weighted by atomic mass is 14.0. The molecule has 0 saturated carbocycles. The van der Waals surface area contributed by atoms with Crippen LogP contribution in [0.5, 0.6) is 0 Å². The molecular formula is C24H46. The molecule has 0 unspecified atom stereocenters. The van der Waals surface area contributed by atoms with E-state index in [2.05, 4.69) is 99.6 Å². The smallest absolute Gasteiger partial charge is 0.0256 e. The molecule has 0 saturated heterocycles. The van der Waals surface area contributed by atoms with Crippen molar-refractivity contribution in [1.29, 1.82) is 0 Å². The minimum absolute atomic E-state index is 0.766. The summed E-state index contributed by atoms with van der Waals surface area (Å²) in [7, 11) is 0.